The van der Waals surface area contributed by atoms with E-state index in [0.29, 0.717) is 23.9 Å². The van der Waals surface area contributed by atoms with E-state index in [4.69, 9.17) is 31.5 Å². The second-order valence-electron chi connectivity index (χ2n) is 8.95. The molecular weight excluding hydrogens is 462 g/mol. The zero-order valence-corrected chi connectivity index (χ0v) is 21.2. The number of esters is 1. The van der Waals surface area contributed by atoms with Gasteiger partial charge < -0.3 is 19.5 Å². The van der Waals surface area contributed by atoms with Crippen molar-refractivity contribution in [2.75, 3.05) is 18.5 Å². The van der Waals surface area contributed by atoms with E-state index in [1.54, 1.807) is 6.92 Å². The van der Waals surface area contributed by atoms with Crippen LogP contribution >= 0.6 is 12.2 Å². The average molecular weight is 496 g/mol. The summed E-state index contributed by atoms with van der Waals surface area (Å²) in [5.41, 5.74) is 6.65. The molecule has 0 saturated heterocycles. The van der Waals surface area contributed by atoms with Gasteiger partial charge in [0.25, 0.3) is 0 Å². The summed E-state index contributed by atoms with van der Waals surface area (Å²) in [7, 11) is 0. The van der Waals surface area contributed by atoms with Crippen LogP contribution in [0, 0.1) is 0 Å². The van der Waals surface area contributed by atoms with Gasteiger partial charge in [0.1, 0.15) is 17.1 Å². The summed E-state index contributed by atoms with van der Waals surface area (Å²) in [6.45, 7) is 4.07. The number of aryl methyl sites for hydroxylation is 1. The topological polar surface area (TPSA) is 81.2 Å². The number of nitrogens with zero attached hydrogens (tertiary/aromatic N) is 1. The molecule has 0 bridgehead atoms. The van der Waals surface area contributed by atoms with E-state index in [9.17, 15) is 4.79 Å². The molecular formula is C27H33N3O4S. The van der Waals surface area contributed by atoms with Crippen LogP contribution in [0.3, 0.4) is 0 Å². The van der Waals surface area contributed by atoms with Crippen molar-refractivity contribution < 1.29 is 19.0 Å². The molecule has 1 heterocycles. The van der Waals surface area contributed by atoms with Gasteiger partial charge in [0.2, 0.25) is 0 Å². The monoisotopic (exact) mass is 495 g/mol. The van der Waals surface area contributed by atoms with Gasteiger partial charge in [-0.15, -0.1) is 0 Å². The normalized spacial score (nSPS) is 17.3. The molecule has 1 aliphatic carbocycles. The standard InChI is InChI=1S/C27H33N3O4S/c1-3-19-8-10-20(11-9-19)28-26(35)30-29-23-17-27(14-6-5-7-15-27)34-24-13-12-21(16-22(23)24)33-18-25(31)32-4-2/h8-13,16H,3-7,14-15,17-18H2,1-2H3,(H2,28,30,35). The van der Waals surface area contributed by atoms with Crippen LogP contribution < -0.4 is 20.2 Å². The van der Waals surface area contributed by atoms with Crippen LogP contribution in [0.1, 0.15) is 63.5 Å². The van der Waals surface area contributed by atoms with E-state index in [1.165, 1.54) is 12.0 Å². The third kappa shape index (κ3) is 6.51. The molecule has 0 radical (unpaired) electrons. The number of hydrogen-bond donors (Lipinski definition) is 2. The van der Waals surface area contributed by atoms with Gasteiger partial charge in [-0.05, 0) is 87.1 Å². The van der Waals surface area contributed by atoms with Crippen molar-refractivity contribution in [3.8, 4) is 11.5 Å². The van der Waals surface area contributed by atoms with Crippen LogP contribution in [-0.2, 0) is 16.0 Å². The van der Waals surface area contributed by atoms with Crippen LogP contribution in [0.2, 0.25) is 0 Å². The van der Waals surface area contributed by atoms with E-state index in [1.807, 2.05) is 30.3 Å². The first kappa shape index (κ1) is 25.0. The molecule has 1 fully saturated rings. The lowest BCUT2D eigenvalue weighted by Crippen LogP contribution is -2.44. The molecule has 7 nitrogen and oxygen atoms in total. The Hall–Kier alpha value is -3.13. The lowest BCUT2D eigenvalue weighted by Gasteiger charge is -2.41. The Labute approximate surface area is 212 Å². The Morgan fingerprint density at radius 2 is 1.89 bits per heavy atom. The number of rotatable bonds is 7. The minimum atomic E-state index is -0.401. The number of benzene rings is 2. The van der Waals surface area contributed by atoms with E-state index in [-0.39, 0.29) is 12.2 Å². The summed E-state index contributed by atoms with van der Waals surface area (Å²) in [6, 6.07) is 13.8. The molecule has 0 amide bonds. The zero-order valence-electron chi connectivity index (χ0n) is 20.4. The fourth-order valence-electron chi connectivity index (χ4n) is 4.60. The molecule has 8 heteroatoms. The van der Waals surface area contributed by atoms with Crippen LogP contribution in [0.5, 0.6) is 11.5 Å². The highest BCUT2D eigenvalue weighted by atomic mass is 32.1. The number of carbonyl (C=O) groups excluding carboxylic acids is 1. The maximum absolute atomic E-state index is 11.7. The molecule has 2 aromatic rings. The van der Waals surface area contributed by atoms with Gasteiger partial charge in [0, 0.05) is 17.7 Å². The van der Waals surface area contributed by atoms with E-state index < -0.39 is 5.97 Å². The highest BCUT2D eigenvalue weighted by Gasteiger charge is 2.40. The number of nitrogens with one attached hydrogen (secondary N) is 2. The molecule has 1 spiro atoms. The van der Waals surface area contributed by atoms with Gasteiger partial charge in [-0.2, -0.15) is 5.10 Å². The van der Waals surface area contributed by atoms with Crippen molar-refractivity contribution >= 4 is 34.7 Å². The minimum absolute atomic E-state index is 0.146. The van der Waals surface area contributed by atoms with Gasteiger partial charge >= 0.3 is 5.97 Å². The van der Waals surface area contributed by atoms with Crippen molar-refractivity contribution in [2.24, 2.45) is 5.10 Å². The maximum Gasteiger partial charge on any atom is 0.344 e. The molecule has 0 atom stereocenters. The first-order valence-corrected chi connectivity index (χ1v) is 12.8. The van der Waals surface area contributed by atoms with Crippen molar-refractivity contribution in [3.05, 3.63) is 53.6 Å². The van der Waals surface area contributed by atoms with Crippen LogP contribution in [0.25, 0.3) is 0 Å². The Kier molecular flexibility index (Phi) is 8.23. The smallest absolute Gasteiger partial charge is 0.344 e. The predicted octanol–water partition coefficient (Wildman–Crippen LogP) is 5.37. The molecule has 1 aliphatic heterocycles. The van der Waals surface area contributed by atoms with Crippen molar-refractivity contribution in [2.45, 2.75) is 64.4 Å². The highest BCUT2D eigenvalue weighted by Crippen LogP contribution is 2.43. The first-order chi connectivity index (χ1) is 17.0. The first-order valence-electron chi connectivity index (χ1n) is 12.3. The summed E-state index contributed by atoms with van der Waals surface area (Å²) in [4.78, 5) is 11.7. The average Bonchev–Trinajstić information content (AvgIpc) is 2.87. The number of carbonyl (C=O) groups is 1. The van der Waals surface area contributed by atoms with E-state index in [0.717, 1.165) is 54.8 Å². The van der Waals surface area contributed by atoms with Crippen LogP contribution in [0.4, 0.5) is 5.69 Å². The lowest BCUT2D eigenvalue weighted by atomic mass is 9.78. The molecule has 4 rings (SSSR count). The van der Waals surface area contributed by atoms with E-state index in [2.05, 4.69) is 29.8 Å². The van der Waals surface area contributed by atoms with Gasteiger partial charge in [-0.3, -0.25) is 5.43 Å². The Balaban J connectivity index is 1.52. The van der Waals surface area contributed by atoms with Gasteiger partial charge in [-0.1, -0.05) is 25.5 Å². The van der Waals surface area contributed by atoms with Gasteiger partial charge in [0.15, 0.2) is 11.7 Å². The minimum Gasteiger partial charge on any atom is -0.486 e. The lowest BCUT2D eigenvalue weighted by molar-refractivity contribution is -0.145. The quantitative estimate of drug-likeness (QED) is 0.304. The Morgan fingerprint density at radius 1 is 1.11 bits per heavy atom. The molecule has 1 saturated carbocycles. The summed E-state index contributed by atoms with van der Waals surface area (Å²) < 4.78 is 17.1. The van der Waals surface area contributed by atoms with Crippen LogP contribution in [0.15, 0.2) is 47.6 Å². The van der Waals surface area contributed by atoms with Crippen LogP contribution in [-0.4, -0.2) is 35.6 Å². The summed E-state index contributed by atoms with van der Waals surface area (Å²) in [5.74, 6) is 0.933. The molecule has 35 heavy (non-hydrogen) atoms. The number of hydrazone groups is 1. The number of hydrogen-bond acceptors (Lipinski definition) is 6. The van der Waals surface area contributed by atoms with Crippen molar-refractivity contribution in [3.63, 3.8) is 0 Å². The largest absolute Gasteiger partial charge is 0.486 e. The maximum atomic E-state index is 11.7. The summed E-state index contributed by atoms with van der Waals surface area (Å²) >= 11 is 5.50. The number of fused-ring (bicyclic) bond motifs is 1. The van der Waals surface area contributed by atoms with E-state index >= 15 is 0 Å². The summed E-state index contributed by atoms with van der Waals surface area (Å²) in [5, 5.41) is 8.31. The van der Waals surface area contributed by atoms with Crippen molar-refractivity contribution in [1.82, 2.24) is 5.43 Å². The molecule has 0 unspecified atom stereocenters. The molecule has 2 aromatic carbocycles. The van der Waals surface area contributed by atoms with Gasteiger partial charge in [-0.25, -0.2) is 4.79 Å². The molecule has 2 N–H and O–H groups in total. The second-order valence-corrected chi connectivity index (χ2v) is 9.36. The summed E-state index contributed by atoms with van der Waals surface area (Å²) in [6.07, 6.45) is 7.19. The number of anilines is 1. The number of thiocarbonyl (C=S) groups is 1. The van der Waals surface area contributed by atoms with Crippen molar-refractivity contribution in [1.29, 1.82) is 0 Å². The fraction of sp³-hybridized carbons (Fsp3) is 0.444. The van der Waals surface area contributed by atoms with Gasteiger partial charge in [0.05, 0.1) is 12.3 Å². The Morgan fingerprint density at radius 3 is 2.60 bits per heavy atom. The molecule has 186 valence electrons. The zero-order chi connectivity index (χ0) is 24.7. The molecule has 0 aromatic heterocycles. The fourth-order valence-corrected chi connectivity index (χ4v) is 4.77. The third-order valence-electron chi connectivity index (χ3n) is 6.42. The third-order valence-corrected chi connectivity index (χ3v) is 6.61. The predicted molar refractivity (Wildman–Crippen MR) is 141 cm³/mol. The second kappa shape index (κ2) is 11.5. The Bertz CT molecular complexity index is 1080. The number of ether oxygens (including phenoxy) is 3. The highest BCUT2D eigenvalue weighted by molar-refractivity contribution is 7.80. The molecule has 2 aliphatic rings. The SMILES string of the molecule is CCOC(=O)COc1ccc2c(c1)C(=NNC(=S)Nc1ccc(CC)cc1)CC1(CCCCC1)O2.